The number of allylic oxidation sites excluding steroid dienone is 8. The minimum atomic E-state index is -3.78. The van der Waals surface area contributed by atoms with Gasteiger partial charge >= 0.3 is 44.8 Å². The standard InChI is InChI=1S/2C8H12.CHF3.HO3S.Rh/c2*1-2-4-6-8-7-5-3-1;2-1(3)4;1-4(2)3;/h2*1-2,7-8H,3-6H2;1H;(H,1,2,3);/b2*2-1-,8-7-;;;. The molecule has 3 nitrogen and oxygen atoms in total. The summed E-state index contributed by atoms with van der Waals surface area (Å²) in [6.45, 7) is -3.67. The van der Waals surface area contributed by atoms with Crippen LogP contribution in [0.15, 0.2) is 48.6 Å². The summed E-state index contributed by atoms with van der Waals surface area (Å²) >= 11 is 1.41. The van der Waals surface area contributed by atoms with Gasteiger partial charge in [-0.3, -0.25) is 0 Å². The van der Waals surface area contributed by atoms with Gasteiger partial charge in [-0.25, -0.2) is 0 Å². The second-order valence-electron chi connectivity index (χ2n) is 4.83. The van der Waals surface area contributed by atoms with Crippen molar-refractivity contribution >= 4 is 8.11 Å². The van der Waals surface area contributed by atoms with Crippen molar-refractivity contribution in [2.24, 2.45) is 0 Å². The molecule has 0 radical (unpaired) electrons. The third-order valence-corrected chi connectivity index (χ3v) is 2.67. The van der Waals surface area contributed by atoms with Gasteiger partial charge in [0.25, 0.3) is 0 Å². The van der Waals surface area contributed by atoms with E-state index in [0.717, 1.165) is 0 Å². The fraction of sp³-hybridized carbons (Fsp3) is 0.529. The molecule has 25 heavy (non-hydrogen) atoms. The number of rotatable bonds is 0. The van der Waals surface area contributed by atoms with Crippen molar-refractivity contribution in [1.29, 1.82) is 0 Å². The Kier molecular flexibility index (Phi) is 20.8. The van der Waals surface area contributed by atoms with Crippen LogP contribution in [-0.4, -0.2) is 19.6 Å². The molecule has 0 heterocycles. The van der Waals surface area contributed by atoms with Gasteiger partial charge in [0.2, 0.25) is 0 Å². The van der Waals surface area contributed by atoms with Crippen LogP contribution in [0.25, 0.3) is 0 Å². The molecule has 0 saturated heterocycles. The molecular weight excluding hydrogens is 444 g/mol. The molecule has 0 bridgehead atoms. The molecule has 2 aliphatic rings. The Balaban J connectivity index is 0. The summed E-state index contributed by atoms with van der Waals surface area (Å²) in [7, 11) is -3.78. The molecule has 0 aromatic heterocycles. The van der Waals surface area contributed by atoms with Crippen LogP contribution in [0.4, 0.5) is 13.2 Å². The molecule has 0 unspecified atom stereocenters. The molecule has 0 amide bonds. The van der Waals surface area contributed by atoms with Gasteiger partial charge in [0.1, 0.15) is 0 Å². The van der Waals surface area contributed by atoms with E-state index in [1.807, 2.05) is 0 Å². The van der Waals surface area contributed by atoms with E-state index in [1.54, 1.807) is 0 Å². The fourth-order valence-corrected chi connectivity index (χ4v) is 1.71. The van der Waals surface area contributed by atoms with Crippen molar-refractivity contribution in [2.45, 2.75) is 58.0 Å². The first-order chi connectivity index (χ1) is 11.7. The molecule has 0 aliphatic heterocycles. The molecule has 148 valence electrons. The molecule has 0 atom stereocenters. The van der Waals surface area contributed by atoms with Gasteiger partial charge in [0.15, 0.2) is 0 Å². The van der Waals surface area contributed by atoms with E-state index in [-0.39, 0.29) is 0 Å². The van der Waals surface area contributed by atoms with Gasteiger partial charge in [0.05, 0.1) is 0 Å². The molecule has 2 aliphatic carbocycles. The summed E-state index contributed by atoms with van der Waals surface area (Å²) in [5, 5.41) is 0. The summed E-state index contributed by atoms with van der Waals surface area (Å²) in [6, 6.07) is 0. The molecule has 0 saturated carbocycles. The van der Waals surface area contributed by atoms with E-state index in [0.29, 0.717) is 0 Å². The molecule has 8 heteroatoms. The van der Waals surface area contributed by atoms with Crippen LogP contribution >= 0.6 is 0 Å². The van der Waals surface area contributed by atoms with Crippen molar-refractivity contribution < 1.29 is 43.2 Å². The minimum absolute atomic E-state index is 1.23. The zero-order chi connectivity index (χ0) is 19.4. The van der Waals surface area contributed by atoms with Gasteiger partial charge in [-0.05, 0) is 51.4 Å². The molecular formula is C17H26F3O3RhS. The van der Waals surface area contributed by atoms with Crippen LogP contribution in [0.1, 0.15) is 51.4 Å². The fourth-order valence-electron chi connectivity index (χ4n) is 1.71. The summed E-state index contributed by atoms with van der Waals surface area (Å²) in [5.41, 5.74) is 0. The molecule has 2 rings (SSSR count). The summed E-state index contributed by atoms with van der Waals surface area (Å²) in [4.78, 5) is 0. The van der Waals surface area contributed by atoms with Gasteiger partial charge < -0.3 is 0 Å². The van der Waals surface area contributed by atoms with E-state index < -0.39 is 14.8 Å². The first-order valence-corrected chi connectivity index (χ1v) is 11.2. The third-order valence-electron chi connectivity index (χ3n) is 2.67. The van der Waals surface area contributed by atoms with E-state index in [1.165, 1.54) is 68.5 Å². The van der Waals surface area contributed by atoms with E-state index in [4.69, 9.17) is 13.0 Å². The van der Waals surface area contributed by atoms with Gasteiger partial charge in [-0.15, -0.1) is 0 Å². The Hall–Kier alpha value is -0.717. The molecule has 0 aromatic rings. The van der Waals surface area contributed by atoms with Crippen LogP contribution in [0.2, 0.25) is 0 Å². The van der Waals surface area contributed by atoms with Gasteiger partial charge in [-0.2, -0.15) is 13.2 Å². The Bertz CT molecular complexity index is 411. The first kappa shape index (κ1) is 26.5. The number of hydrogen-bond acceptors (Lipinski definition) is 2. The predicted molar refractivity (Wildman–Crippen MR) is 92.2 cm³/mol. The summed E-state index contributed by atoms with van der Waals surface area (Å²) < 4.78 is 54.7. The van der Waals surface area contributed by atoms with E-state index in [2.05, 4.69) is 48.6 Å². The van der Waals surface area contributed by atoms with Crippen LogP contribution in [0.3, 0.4) is 0 Å². The second kappa shape index (κ2) is 19.6. The van der Waals surface area contributed by atoms with Crippen molar-refractivity contribution in [2.75, 3.05) is 0 Å². The summed E-state index contributed by atoms with van der Waals surface area (Å²) in [6.07, 6.45) is 28.0. The van der Waals surface area contributed by atoms with Crippen LogP contribution < -0.4 is 0 Å². The normalized spacial score (nSPS) is 21.7. The quantitative estimate of drug-likeness (QED) is 0.274. The number of halogens is 3. The zero-order valence-corrected chi connectivity index (χ0v) is 16.4. The van der Waals surface area contributed by atoms with Crippen molar-refractivity contribution in [3.63, 3.8) is 0 Å². The maximum atomic E-state index is 9.67. The van der Waals surface area contributed by atoms with Crippen LogP contribution in [0.5, 0.6) is 0 Å². The summed E-state index contributed by atoms with van der Waals surface area (Å²) in [5.74, 6) is 0. The number of hydrogen-bond donors (Lipinski definition) is 1. The Labute approximate surface area is 158 Å². The first-order valence-electron chi connectivity index (χ1n) is 7.91. The van der Waals surface area contributed by atoms with Gasteiger partial charge in [0, 0.05) is 0 Å². The Morgan fingerprint density at radius 3 is 0.800 bits per heavy atom. The molecule has 1 N–H and O–H groups in total. The van der Waals surface area contributed by atoms with Crippen LogP contribution in [-0.2, 0) is 25.2 Å². The van der Waals surface area contributed by atoms with Crippen molar-refractivity contribution in [1.82, 2.24) is 0 Å². The second-order valence-corrected chi connectivity index (χ2v) is 8.15. The van der Waals surface area contributed by atoms with E-state index >= 15 is 0 Å². The Morgan fingerprint density at radius 2 is 0.720 bits per heavy atom. The molecule has 0 spiro atoms. The van der Waals surface area contributed by atoms with Gasteiger partial charge in [-0.1, -0.05) is 48.6 Å². The van der Waals surface area contributed by atoms with Crippen molar-refractivity contribution in [3.05, 3.63) is 48.6 Å². The average Bonchev–Trinajstić information content (AvgIpc) is 2.34. The Morgan fingerprint density at radius 1 is 0.640 bits per heavy atom. The SMILES string of the molecule is C1=C\CC/C=C\CC/1.C1=C\CC/C=C\CC/1.FC(F)F.O=[S](=O)(O)[Rh]. The number of alkyl halides is 3. The monoisotopic (exact) mass is 470 g/mol. The molecule has 0 fully saturated rings. The average molecular weight is 470 g/mol. The predicted octanol–water partition coefficient (Wildman–Crippen LogP) is 5.86. The molecule has 0 aromatic carbocycles. The maximum absolute atomic E-state index is 9.67. The third kappa shape index (κ3) is 45.2. The van der Waals surface area contributed by atoms with E-state index in [9.17, 15) is 13.2 Å². The van der Waals surface area contributed by atoms with Crippen molar-refractivity contribution in [3.8, 4) is 0 Å². The zero-order valence-electron chi connectivity index (χ0n) is 14.0. The topological polar surface area (TPSA) is 54.4 Å². The van der Waals surface area contributed by atoms with Crippen LogP contribution in [0, 0.1) is 0 Å².